The Morgan fingerprint density at radius 3 is 2.50 bits per heavy atom. The van der Waals surface area contributed by atoms with E-state index < -0.39 is 0 Å². The predicted octanol–water partition coefficient (Wildman–Crippen LogP) is 3.45. The molecular formula is C17H24O3. The monoisotopic (exact) mass is 276 g/mol. The maximum Gasteiger partial charge on any atom is 0.313 e. The highest BCUT2D eigenvalue weighted by Crippen LogP contribution is 2.37. The van der Waals surface area contributed by atoms with E-state index in [1.54, 1.807) is 6.92 Å². The summed E-state index contributed by atoms with van der Waals surface area (Å²) in [5.41, 5.74) is 0. The van der Waals surface area contributed by atoms with Crippen molar-refractivity contribution < 1.29 is 14.3 Å². The molecule has 1 unspecified atom stereocenters. The summed E-state index contributed by atoms with van der Waals surface area (Å²) in [7, 11) is 0. The molecule has 1 fully saturated rings. The van der Waals surface area contributed by atoms with Gasteiger partial charge in [0.15, 0.2) is 0 Å². The van der Waals surface area contributed by atoms with Crippen molar-refractivity contribution in [2.45, 2.75) is 45.4 Å². The number of esters is 1. The lowest BCUT2D eigenvalue weighted by molar-refractivity contribution is -0.146. The Morgan fingerprint density at radius 2 is 1.90 bits per heavy atom. The lowest BCUT2D eigenvalue weighted by Crippen LogP contribution is -2.27. The minimum Gasteiger partial charge on any atom is -0.466 e. The quantitative estimate of drug-likeness (QED) is 0.570. The second-order valence-corrected chi connectivity index (χ2v) is 5.77. The molecule has 2 aliphatic rings. The summed E-state index contributed by atoms with van der Waals surface area (Å²) in [5.74, 6) is 1.10. The van der Waals surface area contributed by atoms with Crippen LogP contribution in [0.5, 0.6) is 0 Å². The van der Waals surface area contributed by atoms with Gasteiger partial charge < -0.3 is 4.74 Å². The zero-order chi connectivity index (χ0) is 14.4. The molecule has 0 aromatic heterocycles. The number of ketones is 1. The van der Waals surface area contributed by atoms with Crippen molar-refractivity contribution in [3.63, 3.8) is 0 Å². The third-order valence-corrected chi connectivity index (χ3v) is 4.47. The molecule has 0 aliphatic heterocycles. The van der Waals surface area contributed by atoms with E-state index in [2.05, 4.69) is 24.3 Å². The normalized spacial score (nSPS) is 29.1. The van der Waals surface area contributed by atoms with Crippen LogP contribution in [-0.4, -0.2) is 18.4 Å². The molecule has 110 valence electrons. The molecule has 1 saturated carbocycles. The Kier molecular flexibility index (Phi) is 5.57. The number of ether oxygens (including phenoxy) is 1. The van der Waals surface area contributed by atoms with E-state index in [0.29, 0.717) is 18.4 Å². The van der Waals surface area contributed by atoms with E-state index in [1.165, 1.54) is 0 Å². The van der Waals surface area contributed by atoms with E-state index in [9.17, 15) is 9.59 Å². The highest BCUT2D eigenvalue weighted by atomic mass is 16.5. The number of allylic oxidation sites excluding steroid dienone is 4. The summed E-state index contributed by atoms with van der Waals surface area (Å²) < 4.78 is 4.84. The molecule has 0 N–H and O–H groups in total. The fourth-order valence-electron chi connectivity index (χ4n) is 3.32. The fourth-order valence-corrected chi connectivity index (χ4v) is 3.32. The Morgan fingerprint density at radius 1 is 1.15 bits per heavy atom. The maximum atomic E-state index is 12.0. The summed E-state index contributed by atoms with van der Waals surface area (Å²) >= 11 is 0. The average Bonchev–Trinajstić information content (AvgIpc) is 2.48. The van der Waals surface area contributed by atoms with Crippen LogP contribution in [0, 0.1) is 17.8 Å². The molecular weight excluding hydrogens is 252 g/mol. The minimum absolute atomic E-state index is 0.0464. The van der Waals surface area contributed by atoms with Gasteiger partial charge in [0.25, 0.3) is 0 Å². The second-order valence-electron chi connectivity index (χ2n) is 5.77. The highest BCUT2D eigenvalue weighted by Gasteiger charge is 2.30. The van der Waals surface area contributed by atoms with E-state index >= 15 is 0 Å². The number of Topliss-reactive ketones (excluding diaryl/α,β-unsaturated/α-hetero) is 1. The molecule has 3 heteroatoms. The van der Waals surface area contributed by atoms with Crippen LogP contribution in [0.3, 0.4) is 0 Å². The molecule has 0 aromatic rings. The first-order valence-corrected chi connectivity index (χ1v) is 7.72. The van der Waals surface area contributed by atoms with Crippen LogP contribution in [-0.2, 0) is 14.3 Å². The van der Waals surface area contributed by atoms with Crippen LogP contribution in [0.25, 0.3) is 0 Å². The van der Waals surface area contributed by atoms with Crippen molar-refractivity contribution >= 4 is 11.8 Å². The van der Waals surface area contributed by atoms with Gasteiger partial charge in [0.1, 0.15) is 12.2 Å². The Balaban J connectivity index is 1.76. The second kappa shape index (κ2) is 7.41. The number of carbonyl (C=O) groups is 2. The zero-order valence-corrected chi connectivity index (χ0v) is 12.2. The maximum absolute atomic E-state index is 12.0. The Bertz CT molecular complexity index is 400. The van der Waals surface area contributed by atoms with Crippen molar-refractivity contribution in [1.29, 1.82) is 0 Å². The van der Waals surface area contributed by atoms with Gasteiger partial charge in [-0.05, 0) is 50.9 Å². The Labute approximate surface area is 121 Å². The van der Waals surface area contributed by atoms with E-state index in [1.807, 2.05) is 0 Å². The molecule has 0 spiro atoms. The molecule has 0 heterocycles. The molecule has 3 nitrogen and oxygen atoms in total. The van der Waals surface area contributed by atoms with Crippen molar-refractivity contribution in [1.82, 2.24) is 0 Å². The number of carbonyl (C=O) groups excluding carboxylic acids is 2. The predicted molar refractivity (Wildman–Crippen MR) is 78.1 cm³/mol. The number of hydrogen-bond donors (Lipinski definition) is 0. The van der Waals surface area contributed by atoms with Crippen molar-refractivity contribution in [3.8, 4) is 0 Å². The highest BCUT2D eigenvalue weighted by molar-refractivity contribution is 5.96. The lowest BCUT2D eigenvalue weighted by atomic mass is 9.72. The molecule has 0 saturated heterocycles. The van der Waals surface area contributed by atoms with Crippen molar-refractivity contribution in [2.24, 2.45) is 17.8 Å². The van der Waals surface area contributed by atoms with Gasteiger partial charge in [0, 0.05) is 5.92 Å². The fraction of sp³-hybridized carbons (Fsp3) is 0.647. The van der Waals surface area contributed by atoms with Gasteiger partial charge in [-0.25, -0.2) is 0 Å². The van der Waals surface area contributed by atoms with Gasteiger partial charge in [-0.3, -0.25) is 9.59 Å². The SMILES string of the molecule is CCOC(=O)CC(=O)C1CCC(C2C=CC=CC2)CC1. The lowest BCUT2D eigenvalue weighted by Gasteiger charge is -2.32. The van der Waals surface area contributed by atoms with Gasteiger partial charge in [-0.15, -0.1) is 0 Å². The van der Waals surface area contributed by atoms with Crippen LogP contribution in [0.2, 0.25) is 0 Å². The van der Waals surface area contributed by atoms with Crippen LogP contribution < -0.4 is 0 Å². The first-order valence-electron chi connectivity index (χ1n) is 7.72. The molecule has 0 amide bonds. The smallest absolute Gasteiger partial charge is 0.313 e. The van der Waals surface area contributed by atoms with E-state index in [-0.39, 0.29) is 24.1 Å². The van der Waals surface area contributed by atoms with Crippen LogP contribution in [0.1, 0.15) is 45.4 Å². The van der Waals surface area contributed by atoms with Gasteiger partial charge in [-0.2, -0.15) is 0 Å². The first-order chi connectivity index (χ1) is 9.70. The third kappa shape index (κ3) is 4.06. The summed E-state index contributed by atoms with van der Waals surface area (Å²) in [6, 6.07) is 0. The van der Waals surface area contributed by atoms with Crippen molar-refractivity contribution in [2.75, 3.05) is 6.61 Å². The van der Waals surface area contributed by atoms with Gasteiger partial charge in [0.05, 0.1) is 6.61 Å². The summed E-state index contributed by atoms with van der Waals surface area (Å²) in [5, 5.41) is 0. The van der Waals surface area contributed by atoms with Gasteiger partial charge in [-0.1, -0.05) is 24.3 Å². The molecule has 0 bridgehead atoms. The largest absolute Gasteiger partial charge is 0.466 e. The molecule has 0 radical (unpaired) electrons. The van der Waals surface area contributed by atoms with Crippen LogP contribution in [0.4, 0.5) is 0 Å². The average molecular weight is 276 g/mol. The Hall–Kier alpha value is -1.38. The zero-order valence-electron chi connectivity index (χ0n) is 12.2. The minimum atomic E-state index is -0.375. The topological polar surface area (TPSA) is 43.4 Å². The van der Waals surface area contributed by atoms with Crippen molar-refractivity contribution in [3.05, 3.63) is 24.3 Å². The molecule has 2 aliphatic carbocycles. The van der Waals surface area contributed by atoms with E-state index in [4.69, 9.17) is 4.74 Å². The molecule has 20 heavy (non-hydrogen) atoms. The van der Waals surface area contributed by atoms with Crippen LogP contribution in [0.15, 0.2) is 24.3 Å². The molecule has 1 atom stereocenters. The number of hydrogen-bond acceptors (Lipinski definition) is 3. The molecule has 2 rings (SSSR count). The third-order valence-electron chi connectivity index (χ3n) is 4.47. The van der Waals surface area contributed by atoms with Gasteiger partial charge >= 0.3 is 5.97 Å². The molecule has 0 aromatic carbocycles. The summed E-state index contributed by atoms with van der Waals surface area (Å²) in [6.45, 7) is 2.11. The first kappa shape index (κ1) is 15.0. The number of rotatable bonds is 5. The standard InChI is InChI=1S/C17H24O3/c1-2-20-17(19)12-16(18)15-10-8-14(9-11-15)13-6-4-3-5-7-13/h3-6,13-15H,2,7-12H2,1H3. The van der Waals surface area contributed by atoms with Crippen LogP contribution >= 0.6 is 0 Å². The van der Waals surface area contributed by atoms with Gasteiger partial charge in [0.2, 0.25) is 0 Å². The summed E-state index contributed by atoms with van der Waals surface area (Å²) in [4.78, 5) is 23.4. The van der Waals surface area contributed by atoms with E-state index in [0.717, 1.165) is 32.1 Å². The summed E-state index contributed by atoms with van der Waals surface area (Å²) in [6.07, 6.45) is 13.9.